The number of aromatic amines is 1. The number of pyridine rings is 1. The van der Waals surface area contributed by atoms with Gasteiger partial charge >= 0.3 is 0 Å². The Hall–Kier alpha value is -2.72. The lowest BCUT2D eigenvalue weighted by Crippen LogP contribution is -2.35. The molecule has 3 heterocycles. The number of nitrogens with zero attached hydrogens (tertiary/aromatic N) is 3. The summed E-state index contributed by atoms with van der Waals surface area (Å²) >= 11 is 0. The van der Waals surface area contributed by atoms with Gasteiger partial charge in [0.1, 0.15) is 0 Å². The van der Waals surface area contributed by atoms with Gasteiger partial charge in [-0.1, -0.05) is 36.9 Å². The van der Waals surface area contributed by atoms with E-state index in [-0.39, 0.29) is 6.04 Å². The fourth-order valence-corrected chi connectivity index (χ4v) is 3.45. The molecule has 0 saturated carbocycles. The predicted molar refractivity (Wildman–Crippen MR) is 95.3 cm³/mol. The smallest absolute Gasteiger partial charge is 0.0926 e. The van der Waals surface area contributed by atoms with Crippen molar-refractivity contribution in [2.75, 3.05) is 6.54 Å². The third-order valence-electron chi connectivity index (χ3n) is 4.60. The molecule has 1 N–H and O–H groups in total. The number of rotatable bonds is 4. The Bertz CT molecular complexity index is 838. The van der Waals surface area contributed by atoms with E-state index in [9.17, 15) is 0 Å². The fourth-order valence-electron chi connectivity index (χ4n) is 3.45. The normalized spacial score (nSPS) is 17.4. The van der Waals surface area contributed by atoms with Gasteiger partial charge in [0, 0.05) is 37.6 Å². The minimum atomic E-state index is 0.153. The molecule has 1 atom stereocenters. The van der Waals surface area contributed by atoms with Crippen molar-refractivity contribution in [1.29, 1.82) is 0 Å². The third-order valence-corrected chi connectivity index (χ3v) is 4.60. The molecule has 0 aliphatic carbocycles. The second kappa shape index (κ2) is 6.42. The van der Waals surface area contributed by atoms with E-state index in [2.05, 4.69) is 56.8 Å². The van der Waals surface area contributed by atoms with E-state index in [1.807, 2.05) is 30.9 Å². The molecule has 3 aromatic rings. The van der Waals surface area contributed by atoms with Crippen molar-refractivity contribution in [3.63, 3.8) is 0 Å². The van der Waals surface area contributed by atoms with Crippen molar-refractivity contribution in [1.82, 2.24) is 19.9 Å². The lowest BCUT2D eigenvalue weighted by molar-refractivity contribution is 0.200. The number of H-pyrrole nitrogens is 1. The number of aromatic nitrogens is 3. The quantitative estimate of drug-likeness (QED) is 0.800. The molecule has 4 rings (SSSR count). The molecule has 120 valence electrons. The minimum Gasteiger partial charge on any atom is -0.348 e. The first kappa shape index (κ1) is 14.8. The highest BCUT2D eigenvalue weighted by Gasteiger charge is 2.31. The Morgan fingerprint density at radius 1 is 1.29 bits per heavy atom. The standard InChI is InChI=1S/C20H20N4/c1-2-15-5-3-7-17(11-15)20-19-18(22-14-23-19)8-10-24(20)13-16-6-4-9-21-12-16/h2-7,9,11-12,14,20H,1,8,10,13H2,(H,22,23)/t20-/m1/s1. The van der Waals surface area contributed by atoms with Gasteiger partial charge in [0.15, 0.2) is 0 Å². The van der Waals surface area contributed by atoms with E-state index >= 15 is 0 Å². The zero-order chi connectivity index (χ0) is 16.4. The second-order valence-corrected chi connectivity index (χ2v) is 6.12. The molecule has 0 radical (unpaired) electrons. The lowest BCUT2D eigenvalue weighted by Gasteiger charge is -2.35. The van der Waals surface area contributed by atoms with Crippen LogP contribution in [0, 0.1) is 0 Å². The first-order chi connectivity index (χ1) is 11.8. The fraction of sp³-hybridized carbons (Fsp3) is 0.200. The van der Waals surface area contributed by atoms with Gasteiger partial charge in [-0.2, -0.15) is 0 Å². The van der Waals surface area contributed by atoms with Crippen LogP contribution in [0.5, 0.6) is 0 Å². The van der Waals surface area contributed by atoms with Gasteiger partial charge in [-0.3, -0.25) is 9.88 Å². The van der Waals surface area contributed by atoms with E-state index in [4.69, 9.17) is 0 Å². The Morgan fingerprint density at radius 3 is 3.08 bits per heavy atom. The molecule has 4 nitrogen and oxygen atoms in total. The summed E-state index contributed by atoms with van der Waals surface area (Å²) < 4.78 is 0. The van der Waals surface area contributed by atoms with Crippen molar-refractivity contribution < 1.29 is 0 Å². The molecule has 1 aromatic carbocycles. The zero-order valence-electron chi connectivity index (χ0n) is 13.5. The summed E-state index contributed by atoms with van der Waals surface area (Å²) in [6.45, 7) is 5.75. The van der Waals surface area contributed by atoms with E-state index < -0.39 is 0 Å². The van der Waals surface area contributed by atoms with Crippen molar-refractivity contribution in [2.45, 2.75) is 19.0 Å². The summed E-state index contributed by atoms with van der Waals surface area (Å²) in [6, 6.07) is 12.8. The van der Waals surface area contributed by atoms with E-state index in [1.165, 1.54) is 16.8 Å². The monoisotopic (exact) mass is 316 g/mol. The Balaban J connectivity index is 1.74. The number of nitrogens with one attached hydrogen (secondary N) is 1. The molecule has 1 aliphatic rings. The molecule has 24 heavy (non-hydrogen) atoms. The topological polar surface area (TPSA) is 44.8 Å². The Labute approximate surface area is 141 Å². The van der Waals surface area contributed by atoms with E-state index in [1.54, 1.807) is 0 Å². The first-order valence-electron chi connectivity index (χ1n) is 8.22. The summed E-state index contributed by atoms with van der Waals surface area (Å²) in [6.07, 6.45) is 8.45. The molecule has 0 fully saturated rings. The van der Waals surface area contributed by atoms with Crippen LogP contribution in [0.25, 0.3) is 6.08 Å². The zero-order valence-corrected chi connectivity index (χ0v) is 13.5. The number of benzene rings is 1. The van der Waals surface area contributed by atoms with Gasteiger partial charge < -0.3 is 4.98 Å². The van der Waals surface area contributed by atoms with Gasteiger partial charge in [-0.25, -0.2) is 4.98 Å². The highest BCUT2D eigenvalue weighted by atomic mass is 15.2. The van der Waals surface area contributed by atoms with Crippen LogP contribution in [0.15, 0.2) is 61.7 Å². The van der Waals surface area contributed by atoms with Crippen LogP contribution < -0.4 is 0 Å². The average molecular weight is 316 g/mol. The van der Waals surface area contributed by atoms with Gasteiger partial charge in [0.05, 0.1) is 18.1 Å². The molecule has 0 spiro atoms. The molecule has 2 aromatic heterocycles. The number of fused-ring (bicyclic) bond motifs is 1. The highest BCUT2D eigenvalue weighted by molar-refractivity contribution is 5.49. The molecular weight excluding hydrogens is 296 g/mol. The van der Waals surface area contributed by atoms with Gasteiger partial charge in [-0.05, 0) is 28.8 Å². The molecule has 0 bridgehead atoms. The van der Waals surface area contributed by atoms with Gasteiger partial charge in [0.2, 0.25) is 0 Å². The van der Waals surface area contributed by atoms with Crippen LogP contribution in [-0.4, -0.2) is 26.4 Å². The molecule has 0 unspecified atom stereocenters. The van der Waals surface area contributed by atoms with Crippen molar-refractivity contribution in [3.05, 3.63) is 89.8 Å². The largest absolute Gasteiger partial charge is 0.348 e. The second-order valence-electron chi connectivity index (χ2n) is 6.12. The number of hydrogen-bond acceptors (Lipinski definition) is 3. The average Bonchev–Trinajstić information content (AvgIpc) is 3.11. The summed E-state index contributed by atoms with van der Waals surface area (Å²) in [7, 11) is 0. The van der Waals surface area contributed by atoms with Gasteiger partial charge in [-0.15, -0.1) is 0 Å². The summed E-state index contributed by atoms with van der Waals surface area (Å²) in [5.74, 6) is 0. The van der Waals surface area contributed by atoms with Crippen molar-refractivity contribution >= 4 is 6.08 Å². The van der Waals surface area contributed by atoms with Crippen molar-refractivity contribution in [3.8, 4) is 0 Å². The first-order valence-corrected chi connectivity index (χ1v) is 8.22. The van der Waals surface area contributed by atoms with E-state index in [0.717, 1.165) is 30.8 Å². The number of imidazole rings is 1. The maximum atomic E-state index is 4.62. The maximum Gasteiger partial charge on any atom is 0.0926 e. The molecule has 0 saturated heterocycles. The Kier molecular flexibility index (Phi) is 3.97. The lowest BCUT2D eigenvalue weighted by atomic mass is 9.94. The predicted octanol–water partition coefficient (Wildman–Crippen LogP) is 3.60. The van der Waals surface area contributed by atoms with Crippen LogP contribution in [0.2, 0.25) is 0 Å². The maximum absolute atomic E-state index is 4.62. The van der Waals surface area contributed by atoms with Crippen molar-refractivity contribution in [2.24, 2.45) is 0 Å². The molecule has 1 aliphatic heterocycles. The van der Waals surface area contributed by atoms with Crippen LogP contribution in [0.1, 0.15) is 34.1 Å². The molecular formula is C20H20N4. The van der Waals surface area contributed by atoms with Crippen LogP contribution in [0.4, 0.5) is 0 Å². The van der Waals surface area contributed by atoms with Crippen LogP contribution in [-0.2, 0) is 13.0 Å². The Morgan fingerprint density at radius 2 is 2.25 bits per heavy atom. The molecule has 0 amide bonds. The summed E-state index contributed by atoms with van der Waals surface area (Å²) in [5.41, 5.74) is 5.99. The SMILES string of the molecule is C=Cc1cccc([C@@H]2c3nc[nH]c3CCN2Cc2cccnc2)c1. The minimum absolute atomic E-state index is 0.153. The van der Waals surface area contributed by atoms with Gasteiger partial charge in [0.25, 0.3) is 0 Å². The number of hydrogen-bond donors (Lipinski definition) is 1. The molecule has 4 heteroatoms. The summed E-state index contributed by atoms with van der Waals surface area (Å²) in [5, 5.41) is 0. The van der Waals surface area contributed by atoms with E-state index in [0.29, 0.717) is 0 Å². The highest BCUT2D eigenvalue weighted by Crippen LogP contribution is 2.34. The van der Waals surface area contributed by atoms with Crippen LogP contribution >= 0.6 is 0 Å². The third kappa shape index (κ3) is 2.76. The summed E-state index contributed by atoms with van der Waals surface area (Å²) in [4.78, 5) is 14.6. The van der Waals surface area contributed by atoms with Crippen LogP contribution in [0.3, 0.4) is 0 Å².